The van der Waals surface area contributed by atoms with Crippen molar-refractivity contribution in [2.45, 2.75) is 57.1 Å². The van der Waals surface area contributed by atoms with Crippen molar-refractivity contribution < 1.29 is 27.5 Å². The molecule has 3 rings (SSSR count). The molecule has 0 aliphatic heterocycles. The first kappa shape index (κ1) is 32.8. The second kappa shape index (κ2) is 14.9. The summed E-state index contributed by atoms with van der Waals surface area (Å²) in [6, 6.07) is 18.4. The molecule has 42 heavy (non-hydrogen) atoms. The topological polar surface area (TPSA) is 105 Å². The van der Waals surface area contributed by atoms with Crippen molar-refractivity contribution in [2.75, 3.05) is 25.1 Å². The summed E-state index contributed by atoms with van der Waals surface area (Å²) in [5.41, 5.74) is 1.01. The molecule has 226 valence electrons. The number of nitrogens with one attached hydrogen (secondary N) is 1. The normalized spacial score (nSPS) is 12.6. The second-order valence-corrected chi connectivity index (χ2v) is 12.1. The highest BCUT2D eigenvalue weighted by Gasteiger charge is 2.34. The average Bonchev–Trinajstić information content (AvgIpc) is 3.00. The first-order valence-electron chi connectivity index (χ1n) is 13.7. The van der Waals surface area contributed by atoms with Crippen LogP contribution in [-0.2, 0) is 26.2 Å². The van der Waals surface area contributed by atoms with E-state index in [0.717, 1.165) is 16.3 Å². The van der Waals surface area contributed by atoms with Crippen LogP contribution in [0.4, 0.5) is 5.69 Å². The van der Waals surface area contributed by atoms with Crippen molar-refractivity contribution in [1.82, 2.24) is 10.2 Å². The fourth-order valence-corrected chi connectivity index (χ4v) is 5.84. The largest absolute Gasteiger partial charge is 0.497 e. The number of carbonyl (C=O) groups is 2. The van der Waals surface area contributed by atoms with Crippen molar-refractivity contribution in [1.29, 1.82) is 0 Å². The highest BCUT2D eigenvalue weighted by atomic mass is 35.5. The van der Waals surface area contributed by atoms with Gasteiger partial charge in [0.25, 0.3) is 10.0 Å². The zero-order chi connectivity index (χ0) is 30.9. The summed E-state index contributed by atoms with van der Waals surface area (Å²) in [4.78, 5) is 28.9. The van der Waals surface area contributed by atoms with Crippen LogP contribution in [0.15, 0.2) is 77.7 Å². The molecule has 2 atom stereocenters. The Morgan fingerprint density at radius 1 is 0.857 bits per heavy atom. The Hall–Kier alpha value is -3.76. The molecule has 3 aromatic rings. The van der Waals surface area contributed by atoms with E-state index >= 15 is 0 Å². The molecule has 0 unspecified atom stereocenters. The molecule has 0 radical (unpaired) electrons. The van der Waals surface area contributed by atoms with Gasteiger partial charge in [0.1, 0.15) is 24.1 Å². The summed E-state index contributed by atoms with van der Waals surface area (Å²) in [7, 11) is -1.16. The van der Waals surface area contributed by atoms with Gasteiger partial charge in [-0.3, -0.25) is 13.9 Å². The zero-order valence-electron chi connectivity index (χ0n) is 24.5. The van der Waals surface area contributed by atoms with E-state index in [2.05, 4.69) is 5.32 Å². The molecule has 0 saturated carbocycles. The first-order valence-corrected chi connectivity index (χ1v) is 15.5. The molecule has 0 aliphatic rings. The Morgan fingerprint density at radius 3 is 1.90 bits per heavy atom. The van der Waals surface area contributed by atoms with Gasteiger partial charge in [-0.05, 0) is 86.0 Å². The van der Waals surface area contributed by atoms with E-state index in [-0.39, 0.29) is 29.1 Å². The summed E-state index contributed by atoms with van der Waals surface area (Å²) in [6.07, 6.45) is 1.05. The number of halogens is 1. The van der Waals surface area contributed by atoms with E-state index in [9.17, 15) is 18.0 Å². The average molecular weight is 616 g/mol. The van der Waals surface area contributed by atoms with Gasteiger partial charge >= 0.3 is 0 Å². The molecule has 0 aromatic heterocycles. The number of benzene rings is 3. The van der Waals surface area contributed by atoms with Gasteiger partial charge in [0, 0.05) is 17.6 Å². The van der Waals surface area contributed by atoms with Crippen LogP contribution in [0.2, 0.25) is 5.02 Å². The minimum atomic E-state index is -4.21. The summed E-state index contributed by atoms with van der Waals surface area (Å²) < 4.78 is 39.4. The van der Waals surface area contributed by atoms with Crippen LogP contribution in [0, 0.1) is 0 Å². The minimum Gasteiger partial charge on any atom is -0.497 e. The summed E-state index contributed by atoms with van der Waals surface area (Å²) in [5, 5.41) is 3.38. The lowest BCUT2D eigenvalue weighted by molar-refractivity contribution is -0.140. The van der Waals surface area contributed by atoms with E-state index < -0.39 is 28.5 Å². The Bertz CT molecular complexity index is 1430. The lowest BCUT2D eigenvalue weighted by Gasteiger charge is -2.33. The third kappa shape index (κ3) is 8.17. The predicted molar refractivity (Wildman–Crippen MR) is 164 cm³/mol. The third-order valence-electron chi connectivity index (χ3n) is 6.94. The zero-order valence-corrected chi connectivity index (χ0v) is 26.1. The van der Waals surface area contributed by atoms with Gasteiger partial charge in [-0.2, -0.15) is 0 Å². The van der Waals surface area contributed by atoms with Gasteiger partial charge in [0.05, 0.1) is 24.8 Å². The molecule has 2 amide bonds. The fraction of sp³-hybridized carbons (Fsp3) is 0.355. The van der Waals surface area contributed by atoms with Gasteiger partial charge in [0.2, 0.25) is 11.8 Å². The number of sulfonamides is 1. The lowest BCUT2D eigenvalue weighted by atomic mass is 10.1. The Balaban J connectivity index is 2.05. The summed E-state index contributed by atoms with van der Waals surface area (Å²) in [5.74, 6) is 0.304. The smallest absolute Gasteiger partial charge is 0.264 e. The number of rotatable bonds is 14. The van der Waals surface area contributed by atoms with Crippen LogP contribution in [0.1, 0.15) is 39.2 Å². The molecular formula is C31H38ClN3O6S. The Morgan fingerprint density at radius 2 is 1.40 bits per heavy atom. The van der Waals surface area contributed by atoms with Crippen LogP contribution in [0.5, 0.6) is 11.5 Å². The van der Waals surface area contributed by atoms with Gasteiger partial charge in [-0.15, -0.1) is 0 Å². The quantitative estimate of drug-likeness (QED) is 0.265. The molecule has 0 aliphatic carbocycles. The fourth-order valence-electron chi connectivity index (χ4n) is 4.30. The second-order valence-electron chi connectivity index (χ2n) is 9.78. The first-order chi connectivity index (χ1) is 20.0. The number of hydrogen-bond donors (Lipinski definition) is 1. The molecule has 3 aromatic carbocycles. The van der Waals surface area contributed by atoms with Crippen molar-refractivity contribution in [3.05, 3.63) is 83.4 Å². The third-order valence-corrected chi connectivity index (χ3v) is 8.98. The van der Waals surface area contributed by atoms with Gasteiger partial charge in [0.15, 0.2) is 0 Å². The number of ether oxygens (including phenoxy) is 2. The number of hydrogen-bond acceptors (Lipinski definition) is 6. The van der Waals surface area contributed by atoms with Crippen molar-refractivity contribution >= 4 is 39.1 Å². The highest BCUT2D eigenvalue weighted by molar-refractivity contribution is 7.92. The van der Waals surface area contributed by atoms with Crippen molar-refractivity contribution in [3.63, 3.8) is 0 Å². The summed E-state index contributed by atoms with van der Waals surface area (Å²) >= 11 is 6.09. The molecule has 11 heteroatoms. The van der Waals surface area contributed by atoms with Crippen LogP contribution < -0.4 is 19.1 Å². The van der Waals surface area contributed by atoms with E-state index in [1.54, 1.807) is 31.4 Å². The van der Waals surface area contributed by atoms with E-state index in [1.807, 2.05) is 32.9 Å². The van der Waals surface area contributed by atoms with Crippen molar-refractivity contribution in [2.24, 2.45) is 0 Å². The molecule has 0 fully saturated rings. The van der Waals surface area contributed by atoms with E-state index in [0.29, 0.717) is 22.9 Å². The molecular weight excluding hydrogens is 578 g/mol. The molecule has 0 bridgehead atoms. The van der Waals surface area contributed by atoms with Gasteiger partial charge in [-0.25, -0.2) is 8.42 Å². The standard InChI is InChI=1S/C31H38ClN3O6S/c1-6-22(3)33-31(37)29(7-2)34(20-23-8-14-26(40-4)15-9-23)30(36)21-35(25-12-10-24(32)11-13-25)42(38,39)28-18-16-27(41-5)17-19-28/h8-19,22,29H,6-7,20-21H2,1-5H3,(H,33,37)/t22-,29+/m0/s1. The Labute approximate surface area is 253 Å². The number of carbonyl (C=O) groups excluding carboxylic acids is 2. The van der Waals surface area contributed by atoms with Gasteiger partial charge < -0.3 is 19.7 Å². The molecule has 0 heterocycles. The van der Waals surface area contributed by atoms with Crippen LogP contribution in [-0.4, -0.2) is 58.0 Å². The van der Waals surface area contributed by atoms with Crippen LogP contribution >= 0.6 is 11.6 Å². The number of amides is 2. The molecule has 0 spiro atoms. The van der Waals surface area contributed by atoms with E-state index in [4.69, 9.17) is 21.1 Å². The minimum absolute atomic E-state index is 0.0192. The van der Waals surface area contributed by atoms with E-state index in [1.165, 1.54) is 48.4 Å². The number of anilines is 1. The lowest BCUT2D eigenvalue weighted by Crippen LogP contribution is -2.53. The monoisotopic (exact) mass is 615 g/mol. The Kier molecular flexibility index (Phi) is 11.6. The maximum absolute atomic E-state index is 14.1. The SMILES string of the molecule is CC[C@H](C(=O)N[C@@H](C)CC)N(Cc1ccc(OC)cc1)C(=O)CN(c1ccc(Cl)cc1)S(=O)(=O)c1ccc(OC)cc1. The number of methoxy groups -OCH3 is 2. The van der Waals surface area contributed by atoms with Crippen LogP contribution in [0.25, 0.3) is 0 Å². The highest BCUT2D eigenvalue weighted by Crippen LogP contribution is 2.27. The molecule has 9 nitrogen and oxygen atoms in total. The number of nitrogens with zero attached hydrogens (tertiary/aromatic N) is 2. The maximum atomic E-state index is 14.1. The molecule has 1 N–H and O–H groups in total. The van der Waals surface area contributed by atoms with Gasteiger partial charge in [-0.1, -0.05) is 37.6 Å². The summed E-state index contributed by atoms with van der Waals surface area (Å²) in [6.45, 7) is 5.22. The predicted octanol–water partition coefficient (Wildman–Crippen LogP) is 5.27. The van der Waals surface area contributed by atoms with Crippen LogP contribution in [0.3, 0.4) is 0 Å². The molecule has 0 saturated heterocycles. The van der Waals surface area contributed by atoms with Crippen molar-refractivity contribution in [3.8, 4) is 11.5 Å². The maximum Gasteiger partial charge on any atom is 0.264 e.